The second-order valence-electron chi connectivity index (χ2n) is 7.79. The molecule has 0 saturated heterocycles. The van der Waals surface area contributed by atoms with Gasteiger partial charge in [0.05, 0.1) is 36.1 Å². The molecule has 0 aliphatic carbocycles. The Morgan fingerprint density at radius 2 is 2.06 bits per heavy atom. The Kier molecular flexibility index (Phi) is 5.70. The molecule has 160 valence electrons. The Balaban J connectivity index is 1.43. The second kappa shape index (κ2) is 8.59. The predicted octanol–water partition coefficient (Wildman–Crippen LogP) is 1.89. The normalized spacial score (nSPS) is 18.2. The van der Waals surface area contributed by atoms with E-state index in [1.807, 2.05) is 49.4 Å². The van der Waals surface area contributed by atoms with E-state index < -0.39 is 6.04 Å². The molecule has 2 aliphatic rings. The number of hydrogen-bond donors (Lipinski definition) is 2. The van der Waals surface area contributed by atoms with Crippen LogP contribution in [0, 0.1) is 6.92 Å². The number of nitrogens with zero attached hydrogens (tertiary/aromatic N) is 3. The molecule has 8 nitrogen and oxygen atoms in total. The molecule has 2 aromatic rings. The number of rotatable bonds is 6. The number of amides is 4. The van der Waals surface area contributed by atoms with Crippen molar-refractivity contribution in [3.63, 3.8) is 0 Å². The van der Waals surface area contributed by atoms with Crippen LogP contribution < -0.4 is 10.6 Å². The molecule has 1 aromatic carbocycles. The van der Waals surface area contributed by atoms with Crippen molar-refractivity contribution >= 4 is 17.8 Å². The Labute approximate surface area is 180 Å². The van der Waals surface area contributed by atoms with Crippen LogP contribution in [0.25, 0.3) is 0 Å². The van der Waals surface area contributed by atoms with Crippen LogP contribution in [0.1, 0.15) is 29.3 Å². The van der Waals surface area contributed by atoms with Gasteiger partial charge < -0.3 is 15.5 Å². The summed E-state index contributed by atoms with van der Waals surface area (Å²) in [6.45, 7) is 2.91. The fourth-order valence-electron chi connectivity index (χ4n) is 3.92. The zero-order valence-corrected chi connectivity index (χ0v) is 17.6. The molecule has 8 heteroatoms. The molecular weight excluding hydrogens is 394 g/mol. The highest BCUT2D eigenvalue weighted by Gasteiger charge is 2.42. The lowest BCUT2D eigenvalue weighted by Crippen LogP contribution is -2.45. The van der Waals surface area contributed by atoms with Crippen molar-refractivity contribution in [1.82, 2.24) is 25.4 Å². The average Bonchev–Trinajstić information content (AvgIpc) is 3.10. The molecule has 0 fully saturated rings. The van der Waals surface area contributed by atoms with Crippen LogP contribution in [0.15, 0.2) is 59.9 Å². The maximum Gasteiger partial charge on any atom is 0.322 e. The average molecular weight is 419 g/mol. The molecule has 4 amide bonds. The van der Waals surface area contributed by atoms with Crippen LogP contribution >= 0.6 is 0 Å². The fourth-order valence-corrected chi connectivity index (χ4v) is 3.92. The third-order valence-electron chi connectivity index (χ3n) is 5.61. The third-order valence-corrected chi connectivity index (χ3v) is 5.61. The Hall–Kier alpha value is -3.68. The van der Waals surface area contributed by atoms with Gasteiger partial charge in [-0.25, -0.2) is 4.79 Å². The van der Waals surface area contributed by atoms with E-state index in [0.29, 0.717) is 24.4 Å². The van der Waals surface area contributed by atoms with Crippen LogP contribution in [0.4, 0.5) is 4.79 Å². The smallest absolute Gasteiger partial charge is 0.322 e. The number of likely N-dealkylation sites (N-methyl/N-ethyl adjacent to an activating group) is 1. The summed E-state index contributed by atoms with van der Waals surface area (Å²) in [5.74, 6) is -0.299. The molecule has 0 saturated carbocycles. The van der Waals surface area contributed by atoms with Gasteiger partial charge in [0.15, 0.2) is 0 Å². The Morgan fingerprint density at radius 3 is 2.81 bits per heavy atom. The quantitative estimate of drug-likeness (QED) is 0.748. The first-order chi connectivity index (χ1) is 14.9. The second-order valence-corrected chi connectivity index (χ2v) is 7.79. The fraction of sp³-hybridized carbons (Fsp3) is 0.304. The minimum absolute atomic E-state index is 0.147. The topological polar surface area (TPSA) is 94.6 Å². The number of benzene rings is 1. The number of nitrogens with one attached hydrogen (secondary N) is 2. The maximum absolute atomic E-state index is 13.2. The first-order valence-corrected chi connectivity index (χ1v) is 10.2. The lowest BCUT2D eigenvalue weighted by Gasteiger charge is -2.31. The van der Waals surface area contributed by atoms with Gasteiger partial charge in [-0.1, -0.05) is 35.9 Å². The van der Waals surface area contributed by atoms with Gasteiger partial charge in [0, 0.05) is 26.2 Å². The zero-order chi connectivity index (χ0) is 22.0. The summed E-state index contributed by atoms with van der Waals surface area (Å²) in [5.41, 5.74) is 3.96. The third kappa shape index (κ3) is 4.28. The molecule has 0 radical (unpaired) electrons. The van der Waals surface area contributed by atoms with Crippen LogP contribution in [-0.4, -0.2) is 52.8 Å². The van der Waals surface area contributed by atoms with E-state index in [1.165, 1.54) is 4.90 Å². The van der Waals surface area contributed by atoms with Gasteiger partial charge in [-0.3, -0.25) is 19.5 Å². The van der Waals surface area contributed by atoms with Crippen molar-refractivity contribution in [3.05, 3.63) is 76.8 Å². The summed E-state index contributed by atoms with van der Waals surface area (Å²) in [5, 5.41) is 5.76. The van der Waals surface area contributed by atoms with E-state index >= 15 is 0 Å². The van der Waals surface area contributed by atoms with Crippen LogP contribution in [0.3, 0.4) is 0 Å². The van der Waals surface area contributed by atoms with Gasteiger partial charge >= 0.3 is 6.03 Å². The molecule has 0 spiro atoms. The highest BCUT2D eigenvalue weighted by atomic mass is 16.2. The SMILES string of the molecule is Cc1cccc(C2NC(=O)N(C)C3=C2C(=O)N(CCC(=O)NCc2ccccn2)C3)c1. The van der Waals surface area contributed by atoms with Crippen molar-refractivity contribution < 1.29 is 14.4 Å². The van der Waals surface area contributed by atoms with E-state index in [4.69, 9.17) is 0 Å². The van der Waals surface area contributed by atoms with Gasteiger partial charge in [-0.15, -0.1) is 0 Å². The predicted molar refractivity (Wildman–Crippen MR) is 115 cm³/mol. The van der Waals surface area contributed by atoms with E-state index in [-0.39, 0.29) is 30.8 Å². The molecule has 2 N–H and O–H groups in total. The molecule has 4 rings (SSSR count). The molecule has 1 unspecified atom stereocenters. The monoisotopic (exact) mass is 419 g/mol. The van der Waals surface area contributed by atoms with Crippen LogP contribution in [0.5, 0.6) is 0 Å². The number of carbonyl (C=O) groups excluding carboxylic acids is 3. The molecule has 1 aromatic heterocycles. The molecule has 3 heterocycles. The molecule has 2 aliphatic heterocycles. The number of hydrogen-bond acceptors (Lipinski definition) is 4. The Bertz CT molecular complexity index is 1050. The first-order valence-electron chi connectivity index (χ1n) is 10.2. The summed E-state index contributed by atoms with van der Waals surface area (Å²) in [6.07, 6.45) is 1.86. The van der Waals surface area contributed by atoms with Crippen LogP contribution in [0.2, 0.25) is 0 Å². The van der Waals surface area contributed by atoms with E-state index in [0.717, 1.165) is 16.8 Å². The van der Waals surface area contributed by atoms with Crippen molar-refractivity contribution in [1.29, 1.82) is 0 Å². The summed E-state index contributed by atoms with van der Waals surface area (Å²) >= 11 is 0. The number of aromatic nitrogens is 1. The number of urea groups is 1. The maximum atomic E-state index is 13.2. The summed E-state index contributed by atoms with van der Waals surface area (Å²) in [6, 6.07) is 12.6. The van der Waals surface area contributed by atoms with E-state index in [9.17, 15) is 14.4 Å². The van der Waals surface area contributed by atoms with Crippen molar-refractivity contribution in [3.8, 4) is 0 Å². The van der Waals surface area contributed by atoms with Gasteiger partial charge in [-0.05, 0) is 24.6 Å². The molecule has 31 heavy (non-hydrogen) atoms. The molecule has 1 atom stereocenters. The first kappa shape index (κ1) is 20.6. The summed E-state index contributed by atoms with van der Waals surface area (Å²) < 4.78 is 0. The summed E-state index contributed by atoms with van der Waals surface area (Å²) in [7, 11) is 1.66. The van der Waals surface area contributed by atoms with Crippen LogP contribution in [-0.2, 0) is 16.1 Å². The number of aryl methyl sites for hydroxylation is 1. The molecule has 0 bridgehead atoms. The van der Waals surface area contributed by atoms with E-state index in [1.54, 1.807) is 18.1 Å². The minimum Gasteiger partial charge on any atom is -0.350 e. The molecular formula is C23H25N5O3. The van der Waals surface area contributed by atoms with Crippen molar-refractivity contribution in [2.24, 2.45) is 0 Å². The number of carbonyl (C=O) groups is 3. The minimum atomic E-state index is -0.492. The van der Waals surface area contributed by atoms with Crippen molar-refractivity contribution in [2.45, 2.75) is 25.9 Å². The van der Waals surface area contributed by atoms with Gasteiger partial charge in [0.1, 0.15) is 0 Å². The highest BCUT2D eigenvalue weighted by Crippen LogP contribution is 2.35. The zero-order valence-electron chi connectivity index (χ0n) is 17.6. The van der Waals surface area contributed by atoms with Gasteiger partial charge in [-0.2, -0.15) is 0 Å². The standard InChI is InChI=1S/C23H25N5O3/c1-15-6-5-7-16(12-15)21-20-18(27(2)23(31)26-21)14-28(22(20)30)11-9-19(29)25-13-17-8-3-4-10-24-17/h3-8,10,12,21H,9,11,13-14H2,1-2H3,(H,25,29)(H,26,31). The van der Waals surface area contributed by atoms with Gasteiger partial charge in [0.2, 0.25) is 5.91 Å². The lowest BCUT2D eigenvalue weighted by atomic mass is 9.95. The lowest BCUT2D eigenvalue weighted by molar-refractivity contribution is -0.127. The van der Waals surface area contributed by atoms with Crippen molar-refractivity contribution in [2.75, 3.05) is 20.1 Å². The summed E-state index contributed by atoms with van der Waals surface area (Å²) in [4.78, 5) is 45.2. The Morgan fingerprint density at radius 1 is 1.23 bits per heavy atom. The van der Waals surface area contributed by atoms with E-state index in [2.05, 4.69) is 15.6 Å². The largest absolute Gasteiger partial charge is 0.350 e. The highest BCUT2D eigenvalue weighted by molar-refractivity contribution is 6.01. The van der Waals surface area contributed by atoms with Gasteiger partial charge in [0.25, 0.3) is 5.91 Å². The number of pyridine rings is 1.